The number of hydrogen-bond donors (Lipinski definition) is 0. The minimum atomic E-state index is 0.0397. The van der Waals surface area contributed by atoms with Gasteiger partial charge in [-0.05, 0) is 44.2 Å². The van der Waals surface area contributed by atoms with Gasteiger partial charge in [-0.3, -0.25) is 9.59 Å². The second-order valence-corrected chi connectivity index (χ2v) is 7.92. The van der Waals surface area contributed by atoms with E-state index in [9.17, 15) is 9.59 Å². The van der Waals surface area contributed by atoms with Gasteiger partial charge in [-0.2, -0.15) is 0 Å². The van der Waals surface area contributed by atoms with Crippen LogP contribution in [0.3, 0.4) is 0 Å². The van der Waals surface area contributed by atoms with Crippen LogP contribution in [-0.2, 0) is 9.59 Å². The molecule has 1 saturated carbocycles. The molecule has 7 nitrogen and oxygen atoms in total. The summed E-state index contributed by atoms with van der Waals surface area (Å²) in [6.45, 7) is 5.16. The zero-order chi connectivity index (χ0) is 18.6. The monoisotopic (exact) mass is 371 g/mol. The van der Waals surface area contributed by atoms with Crippen LogP contribution >= 0.6 is 0 Å². The predicted octanol–water partition coefficient (Wildman–Crippen LogP) is 1.87. The van der Waals surface area contributed by atoms with E-state index in [4.69, 9.17) is 0 Å². The second kappa shape index (κ2) is 8.23. The first-order chi connectivity index (χ1) is 13.2. The minimum absolute atomic E-state index is 0.0397. The molecule has 0 spiro atoms. The molecule has 0 N–H and O–H groups in total. The van der Waals surface area contributed by atoms with Crippen LogP contribution < -0.4 is 9.80 Å². The highest BCUT2D eigenvalue weighted by atomic mass is 16.2. The molecule has 1 aromatic heterocycles. The van der Waals surface area contributed by atoms with Gasteiger partial charge in [0.05, 0.1) is 0 Å². The molecule has 146 valence electrons. The number of hydrogen-bond acceptors (Lipinski definition) is 6. The van der Waals surface area contributed by atoms with Crippen LogP contribution in [0.15, 0.2) is 12.1 Å². The molecule has 2 aliphatic heterocycles. The van der Waals surface area contributed by atoms with Crippen LogP contribution in [0.4, 0.5) is 11.6 Å². The van der Waals surface area contributed by atoms with Crippen LogP contribution in [0.1, 0.15) is 44.9 Å². The van der Waals surface area contributed by atoms with Crippen LogP contribution in [0.5, 0.6) is 0 Å². The summed E-state index contributed by atoms with van der Waals surface area (Å²) < 4.78 is 0. The van der Waals surface area contributed by atoms with Crippen LogP contribution in [0.25, 0.3) is 0 Å². The van der Waals surface area contributed by atoms with E-state index < -0.39 is 0 Å². The summed E-state index contributed by atoms with van der Waals surface area (Å²) in [5, 5.41) is 8.87. The molecule has 27 heavy (non-hydrogen) atoms. The lowest BCUT2D eigenvalue weighted by Gasteiger charge is -2.37. The van der Waals surface area contributed by atoms with Gasteiger partial charge in [0, 0.05) is 58.0 Å². The third-order valence-electron chi connectivity index (χ3n) is 6.12. The van der Waals surface area contributed by atoms with E-state index in [-0.39, 0.29) is 11.8 Å². The summed E-state index contributed by atoms with van der Waals surface area (Å²) in [6.07, 6.45) is 6.35. The van der Waals surface area contributed by atoms with Crippen molar-refractivity contribution in [2.75, 3.05) is 49.1 Å². The Labute approximate surface area is 160 Å². The Hall–Kier alpha value is -2.18. The first-order valence-electron chi connectivity index (χ1n) is 10.3. The van der Waals surface area contributed by atoms with Gasteiger partial charge in [-0.1, -0.05) is 0 Å². The maximum atomic E-state index is 12.7. The number of anilines is 2. The summed E-state index contributed by atoms with van der Waals surface area (Å²) >= 11 is 0. The van der Waals surface area contributed by atoms with Gasteiger partial charge in [0.1, 0.15) is 5.78 Å². The molecule has 1 aliphatic carbocycles. The van der Waals surface area contributed by atoms with E-state index >= 15 is 0 Å². The zero-order valence-corrected chi connectivity index (χ0v) is 16.0. The molecule has 0 atom stereocenters. The van der Waals surface area contributed by atoms with Crippen molar-refractivity contribution >= 4 is 23.3 Å². The molecule has 0 radical (unpaired) electrons. The van der Waals surface area contributed by atoms with E-state index in [0.29, 0.717) is 18.6 Å². The van der Waals surface area contributed by atoms with Gasteiger partial charge in [0.15, 0.2) is 11.6 Å². The van der Waals surface area contributed by atoms with Crippen LogP contribution in [-0.4, -0.2) is 66.1 Å². The molecular formula is C20H29N5O2. The molecule has 1 amide bonds. The lowest BCUT2D eigenvalue weighted by Crippen LogP contribution is -2.51. The maximum absolute atomic E-state index is 12.7. The second-order valence-electron chi connectivity index (χ2n) is 7.92. The third kappa shape index (κ3) is 4.22. The number of aromatic nitrogens is 2. The van der Waals surface area contributed by atoms with E-state index in [1.165, 1.54) is 19.3 Å². The quantitative estimate of drug-likeness (QED) is 0.808. The number of carbonyl (C=O) groups is 2. The Morgan fingerprint density at radius 3 is 1.93 bits per heavy atom. The highest BCUT2D eigenvalue weighted by Crippen LogP contribution is 2.25. The predicted molar refractivity (Wildman–Crippen MR) is 104 cm³/mol. The standard InChI is InChI=1S/C20H29N5O2/c26-17-6-4-16(5-7-17)20(27)25-14-12-24(13-15-25)19-9-8-18(21-22-19)23-10-2-1-3-11-23/h8-9,16H,1-7,10-15H2. The lowest BCUT2D eigenvalue weighted by molar-refractivity contribution is -0.137. The highest BCUT2D eigenvalue weighted by molar-refractivity contribution is 5.84. The molecule has 4 rings (SSSR count). The van der Waals surface area contributed by atoms with Crippen LogP contribution in [0, 0.1) is 5.92 Å². The summed E-state index contributed by atoms with van der Waals surface area (Å²) in [5.74, 6) is 2.44. The number of nitrogens with zero attached hydrogens (tertiary/aromatic N) is 5. The molecule has 3 aliphatic rings. The number of piperidine rings is 1. The number of amides is 1. The summed E-state index contributed by atoms with van der Waals surface area (Å²) in [6, 6.07) is 4.13. The lowest BCUT2D eigenvalue weighted by atomic mass is 9.87. The zero-order valence-electron chi connectivity index (χ0n) is 16.0. The molecular weight excluding hydrogens is 342 g/mol. The first-order valence-corrected chi connectivity index (χ1v) is 10.3. The number of rotatable bonds is 3. The fraction of sp³-hybridized carbons (Fsp3) is 0.700. The van der Waals surface area contributed by atoms with E-state index in [1.807, 2.05) is 4.90 Å². The number of Topliss-reactive ketones (excluding diaryl/α,β-unsaturated/α-hetero) is 1. The Morgan fingerprint density at radius 2 is 1.37 bits per heavy atom. The van der Waals surface area contributed by atoms with Gasteiger partial charge in [-0.25, -0.2) is 0 Å². The van der Waals surface area contributed by atoms with Gasteiger partial charge < -0.3 is 14.7 Å². The summed E-state index contributed by atoms with van der Waals surface area (Å²) in [4.78, 5) is 30.6. The number of ketones is 1. The van der Waals surface area contributed by atoms with Crippen molar-refractivity contribution in [2.24, 2.45) is 5.92 Å². The number of carbonyl (C=O) groups excluding carboxylic acids is 2. The SMILES string of the molecule is O=C1CCC(C(=O)N2CCN(c3ccc(N4CCCCC4)nn3)CC2)CC1. The maximum Gasteiger partial charge on any atom is 0.225 e. The topological polar surface area (TPSA) is 69.6 Å². The van der Waals surface area contributed by atoms with E-state index in [1.54, 1.807) is 0 Å². The smallest absolute Gasteiger partial charge is 0.225 e. The molecule has 3 fully saturated rings. The number of piperazine rings is 1. The van der Waals surface area contributed by atoms with Crippen molar-refractivity contribution in [3.63, 3.8) is 0 Å². The minimum Gasteiger partial charge on any atom is -0.355 e. The van der Waals surface area contributed by atoms with E-state index in [2.05, 4.69) is 32.1 Å². The van der Waals surface area contributed by atoms with Crippen molar-refractivity contribution in [3.8, 4) is 0 Å². The summed E-state index contributed by atoms with van der Waals surface area (Å²) in [5.41, 5.74) is 0. The van der Waals surface area contributed by atoms with Gasteiger partial charge in [-0.15, -0.1) is 10.2 Å². The van der Waals surface area contributed by atoms with Gasteiger partial charge in [0.25, 0.3) is 0 Å². The molecule has 0 unspecified atom stereocenters. The van der Waals surface area contributed by atoms with Crippen molar-refractivity contribution in [2.45, 2.75) is 44.9 Å². The van der Waals surface area contributed by atoms with Crippen molar-refractivity contribution in [3.05, 3.63) is 12.1 Å². The van der Waals surface area contributed by atoms with Gasteiger partial charge >= 0.3 is 0 Å². The molecule has 0 aromatic carbocycles. The third-order valence-corrected chi connectivity index (χ3v) is 6.12. The Kier molecular flexibility index (Phi) is 5.55. The average Bonchev–Trinajstić information content (AvgIpc) is 2.75. The largest absolute Gasteiger partial charge is 0.355 e. The molecule has 1 aromatic rings. The molecule has 3 heterocycles. The Morgan fingerprint density at radius 1 is 0.815 bits per heavy atom. The van der Waals surface area contributed by atoms with E-state index in [0.717, 1.165) is 63.7 Å². The normalized spacial score (nSPS) is 22.2. The van der Waals surface area contributed by atoms with Gasteiger partial charge in [0.2, 0.25) is 5.91 Å². The van der Waals surface area contributed by atoms with Crippen molar-refractivity contribution < 1.29 is 9.59 Å². The molecule has 2 saturated heterocycles. The average molecular weight is 371 g/mol. The summed E-state index contributed by atoms with van der Waals surface area (Å²) in [7, 11) is 0. The molecule has 0 bridgehead atoms. The Bertz CT molecular complexity index is 653. The fourth-order valence-corrected chi connectivity index (χ4v) is 4.38. The Balaban J connectivity index is 1.29. The van der Waals surface area contributed by atoms with Crippen LogP contribution in [0.2, 0.25) is 0 Å². The van der Waals surface area contributed by atoms with Crippen molar-refractivity contribution in [1.82, 2.24) is 15.1 Å². The van der Waals surface area contributed by atoms with Crippen molar-refractivity contribution in [1.29, 1.82) is 0 Å². The highest BCUT2D eigenvalue weighted by Gasteiger charge is 2.30. The molecule has 7 heteroatoms. The fourth-order valence-electron chi connectivity index (χ4n) is 4.38. The first kappa shape index (κ1) is 18.2.